The molecule has 23 heavy (non-hydrogen) atoms. The van der Waals surface area contributed by atoms with Crippen molar-refractivity contribution in [2.75, 3.05) is 12.4 Å². The SMILES string of the molecule is COc1ccc(NC(=O)C2CCCCc3n[nH]c(=O)n32)cc1Cl. The molecule has 122 valence electrons. The molecule has 0 saturated carbocycles. The molecule has 1 atom stereocenters. The Hall–Kier alpha value is -2.28. The molecule has 1 aliphatic heterocycles. The fourth-order valence-electron chi connectivity index (χ4n) is 2.80. The van der Waals surface area contributed by atoms with Gasteiger partial charge in [-0.15, -0.1) is 0 Å². The van der Waals surface area contributed by atoms with Gasteiger partial charge in [-0.05, 0) is 31.0 Å². The van der Waals surface area contributed by atoms with Crippen LogP contribution >= 0.6 is 11.6 Å². The largest absolute Gasteiger partial charge is 0.495 e. The molecule has 7 nitrogen and oxygen atoms in total. The number of hydrogen-bond acceptors (Lipinski definition) is 4. The molecular formula is C15H17ClN4O3. The average Bonchev–Trinajstić information content (AvgIpc) is 2.77. The van der Waals surface area contributed by atoms with Crippen LogP contribution in [0.4, 0.5) is 5.69 Å². The minimum atomic E-state index is -0.570. The number of ether oxygens (including phenoxy) is 1. The Morgan fingerprint density at radius 2 is 2.30 bits per heavy atom. The first-order chi connectivity index (χ1) is 11.1. The standard InChI is InChI=1S/C15H17ClN4O3/c1-23-12-7-6-9(8-10(12)16)17-14(21)11-4-2-3-5-13-18-19-15(22)20(11)13/h6-8,11H,2-5H2,1H3,(H,17,21)(H,19,22). The number of anilines is 1. The molecule has 1 aromatic carbocycles. The zero-order chi connectivity index (χ0) is 16.4. The van der Waals surface area contributed by atoms with E-state index in [2.05, 4.69) is 15.5 Å². The molecule has 1 amide bonds. The Morgan fingerprint density at radius 1 is 1.48 bits per heavy atom. The van der Waals surface area contributed by atoms with E-state index >= 15 is 0 Å². The van der Waals surface area contributed by atoms with Gasteiger partial charge in [0, 0.05) is 12.1 Å². The van der Waals surface area contributed by atoms with Gasteiger partial charge in [-0.2, -0.15) is 5.10 Å². The number of H-pyrrole nitrogens is 1. The number of nitrogens with zero attached hydrogens (tertiary/aromatic N) is 2. The fraction of sp³-hybridized carbons (Fsp3) is 0.400. The summed E-state index contributed by atoms with van der Waals surface area (Å²) in [6, 6.07) is 4.44. The third-order valence-electron chi connectivity index (χ3n) is 3.94. The number of halogens is 1. The van der Waals surface area contributed by atoms with Gasteiger partial charge in [-0.1, -0.05) is 18.0 Å². The number of benzene rings is 1. The lowest BCUT2D eigenvalue weighted by molar-refractivity contribution is -0.119. The summed E-state index contributed by atoms with van der Waals surface area (Å²) in [5.41, 5.74) is 0.206. The molecule has 0 spiro atoms. The third-order valence-corrected chi connectivity index (χ3v) is 4.23. The van der Waals surface area contributed by atoms with Crippen LogP contribution in [0.2, 0.25) is 5.02 Å². The smallest absolute Gasteiger partial charge is 0.344 e. The van der Waals surface area contributed by atoms with Crippen LogP contribution in [0, 0.1) is 0 Å². The summed E-state index contributed by atoms with van der Waals surface area (Å²) in [5, 5.41) is 9.64. The van der Waals surface area contributed by atoms with Crippen molar-refractivity contribution in [3.63, 3.8) is 0 Å². The maximum atomic E-state index is 12.6. The van der Waals surface area contributed by atoms with Crippen LogP contribution in [-0.4, -0.2) is 27.8 Å². The van der Waals surface area contributed by atoms with Crippen molar-refractivity contribution < 1.29 is 9.53 Å². The second-order valence-electron chi connectivity index (χ2n) is 5.42. The number of carbonyl (C=O) groups excluding carboxylic acids is 1. The van der Waals surface area contributed by atoms with Gasteiger partial charge in [0.1, 0.15) is 17.6 Å². The number of hydrogen-bond donors (Lipinski definition) is 2. The van der Waals surface area contributed by atoms with Crippen LogP contribution in [0.1, 0.15) is 31.1 Å². The summed E-state index contributed by atoms with van der Waals surface area (Å²) in [4.78, 5) is 24.6. The number of rotatable bonds is 3. The van der Waals surface area contributed by atoms with Gasteiger partial charge in [0.15, 0.2) is 0 Å². The monoisotopic (exact) mass is 336 g/mol. The van der Waals surface area contributed by atoms with Crippen molar-refractivity contribution in [3.05, 3.63) is 39.5 Å². The van der Waals surface area contributed by atoms with Crippen LogP contribution in [0.5, 0.6) is 5.75 Å². The van der Waals surface area contributed by atoms with E-state index in [1.807, 2.05) is 0 Å². The third kappa shape index (κ3) is 3.10. The van der Waals surface area contributed by atoms with Crippen LogP contribution in [0.3, 0.4) is 0 Å². The lowest BCUT2D eigenvalue weighted by Crippen LogP contribution is -2.32. The molecular weight excluding hydrogens is 320 g/mol. The van der Waals surface area contributed by atoms with Crippen molar-refractivity contribution in [1.29, 1.82) is 0 Å². The van der Waals surface area contributed by atoms with E-state index in [0.717, 1.165) is 12.8 Å². The second kappa shape index (κ2) is 6.45. The topological polar surface area (TPSA) is 89.0 Å². The Morgan fingerprint density at radius 3 is 3.04 bits per heavy atom. The zero-order valence-corrected chi connectivity index (χ0v) is 13.4. The number of nitrogens with one attached hydrogen (secondary N) is 2. The lowest BCUT2D eigenvalue weighted by atomic mass is 10.1. The summed E-state index contributed by atoms with van der Waals surface area (Å²) in [7, 11) is 1.53. The quantitative estimate of drug-likeness (QED) is 0.898. The van der Waals surface area contributed by atoms with Gasteiger partial charge in [0.25, 0.3) is 0 Å². The van der Waals surface area contributed by atoms with Gasteiger partial charge in [0.05, 0.1) is 12.1 Å². The van der Waals surface area contributed by atoms with Crippen LogP contribution < -0.4 is 15.7 Å². The molecule has 3 rings (SSSR count). The highest BCUT2D eigenvalue weighted by Gasteiger charge is 2.27. The van der Waals surface area contributed by atoms with Gasteiger partial charge >= 0.3 is 5.69 Å². The van der Waals surface area contributed by atoms with Gasteiger partial charge < -0.3 is 10.1 Å². The van der Waals surface area contributed by atoms with E-state index in [-0.39, 0.29) is 11.6 Å². The van der Waals surface area contributed by atoms with E-state index in [9.17, 15) is 9.59 Å². The predicted molar refractivity (Wildman–Crippen MR) is 86.1 cm³/mol. The van der Waals surface area contributed by atoms with Crippen molar-refractivity contribution in [2.45, 2.75) is 31.7 Å². The lowest BCUT2D eigenvalue weighted by Gasteiger charge is -2.17. The predicted octanol–water partition coefficient (Wildman–Crippen LogP) is 2.14. The Labute approximate surface area is 137 Å². The molecule has 1 aliphatic rings. The van der Waals surface area contributed by atoms with E-state index < -0.39 is 6.04 Å². The fourth-order valence-corrected chi connectivity index (χ4v) is 3.06. The molecule has 2 heterocycles. The van der Waals surface area contributed by atoms with Crippen LogP contribution in [0.15, 0.2) is 23.0 Å². The minimum absolute atomic E-state index is 0.252. The molecule has 0 bridgehead atoms. The average molecular weight is 337 g/mol. The van der Waals surface area contributed by atoms with Crippen molar-refractivity contribution >= 4 is 23.2 Å². The summed E-state index contributed by atoms with van der Waals surface area (Å²) in [5.74, 6) is 0.908. The number of aryl methyl sites for hydroxylation is 1. The molecule has 2 aromatic rings. The molecule has 2 N–H and O–H groups in total. The normalized spacial score (nSPS) is 17.2. The first kappa shape index (κ1) is 15.6. The molecule has 0 radical (unpaired) electrons. The van der Waals surface area contributed by atoms with Crippen molar-refractivity contribution in [1.82, 2.24) is 14.8 Å². The van der Waals surface area contributed by atoms with Gasteiger partial charge in [0.2, 0.25) is 5.91 Å². The Balaban J connectivity index is 1.84. The summed E-state index contributed by atoms with van der Waals surface area (Å²) < 4.78 is 6.54. The molecule has 1 aromatic heterocycles. The van der Waals surface area contributed by atoms with Crippen LogP contribution in [0.25, 0.3) is 0 Å². The molecule has 1 unspecified atom stereocenters. The molecule has 0 fully saturated rings. The van der Waals surface area contributed by atoms with Crippen molar-refractivity contribution in [2.24, 2.45) is 0 Å². The molecule has 8 heteroatoms. The first-order valence-electron chi connectivity index (χ1n) is 7.40. The Kier molecular flexibility index (Phi) is 4.38. The number of fused-ring (bicyclic) bond motifs is 1. The summed E-state index contributed by atoms with van der Waals surface area (Å²) in [6.45, 7) is 0. The summed E-state index contributed by atoms with van der Waals surface area (Å²) in [6.07, 6.45) is 3.06. The highest BCUT2D eigenvalue weighted by molar-refractivity contribution is 6.32. The summed E-state index contributed by atoms with van der Waals surface area (Å²) >= 11 is 6.07. The highest BCUT2D eigenvalue weighted by atomic mass is 35.5. The zero-order valence-electron chi connectivity index (χ0n) is 12.6. The number of aromatic amines is 1. The maximum absolute atomic E-state index is 12.6. The highest BCUT2D eigenvalue weighted by Crippen LogP contribution is 2.28. The van der Waals surface area contributed by atoms with E-state index in [1.54, 1.807) is 18.2 Å². The number of methoxy groups -OCH3 is 1. The Bertz CT molecular complexity index is 783. The maximum Gasteiger partial charge on any atom is 0.344 e. The van der Waals surface area contributed by atoms with E-state index in [1.165, 1.54) is 11.7 Å². The van der Waals surface area contributed by atoms with Crippen molar-refractivity contribution in [3.8, 4) is 5.75 Å². The number of carbonyl (C=O) groups is 1. The first-order valence-corrected chi connectivity index (χ1v) is 7.78. The van der Waals surface area contributed by atoms with Gasteiger partial charge in [-0.25, -0.2) is 9.89 Å². The minimum Gasteiger partial charge on any atom is -0.495 e. The van der Waals surface area contributed by atoms with Gasteiger partial charge in [-0.3, -0.25) is 9.36 Å². The second-order valence-corrected chi connectivity index (χ2v) is 5.82. The van der Waals surface area contributed by atoms with Crippen LogP contribution in [-0.2, 0) is 11.2 Å². The number of aromatic nitrogens is 3. The van der Waals surface area contributed by atoms with E-state index in [0.29, 0.717) is 35.1 Å². The molecule has 0 aliphatic carbocycles. The number of amides is 1. The molecule has 0 saturated heterocycles. The van der Waals surface area contributed by atoms with E-state index in [4.69, 9.17) is 16.3 Å².